The van der Waals surface area contributed by atoms with Gasteiger partial charge in [-0.1, -0.05) is 37.2 Å². The molecule has 156 valence electrons. The number of aromatic nitrogens is 2. The summed E-state index contributed by atoms with van der Waals surface area (Å²) in [6, 6.07) is 1.73. The highest BCUT2D eigenvalue weighted by Gasteiger charge is 2.28. The van der Waals surface area contributed by atoms with E-state index in [1.54, 1.807) is 6.07 Å². The van der Waals surface area contributed by atoms with E-state index in [0.717, 1.165) is 0 Å². The number of halogens is 1. The van der Waals surface area contributed by atoms with Crippen LogP contribution in [0.15, 0.2) is 11.2 Å². The van der Waals surface area contributed by atoms with Crippen LogP contribution in [0.25, 0.3) is 0 Å². The number of carbonyl (C=O) groups is 2. The van der Waals surface area contributed by atoms with E-state index in [1.165, 1.54) is 11.8 Å². The molecule has 2 rings (SSSR count). The molecule has 1 fully saturated rings. The standard InChI is InChI=1S/C18H29ClN6O2S/c1-5-20-18(27)25-7-6-24(10-13(25)4)15-8-14(19)22-17(23-15)28-11-16(26)21-9-12(2)3/h8,12-13H,5-7,9-11H2,1-4H3,(H,20,27)(H,21,26). The lowest BCUT2D eigenvalue weighted by molar-refractivity contribution is -0.118. The van der Waals surface area contributed by atoms with E-state index in [0.29, 0.717) is 54.8 Å². The molecule has 8 nitrogen and oxygen atoms in total. The Morgan fingerprint density at radius 1 is 1.32 bits per heavy atom. The molecule has 1 aliphatic rings. The maximum Gasteiger partial charge on any atom is 0.317 e. The summed E-state index contributed by atoms with van der Waals surface area (Å²) < 4.78 is 0. The van der Waals surface area contributed by atoms with Crippen LogP contribution in [0, 0.1) is 5.92 Å². The predicted molar refractivity (Wildman–Crippen MR) is 113 cm³/mol. The summed E-state index contributed by atoms with van der Waals surface area (Å²) >= 11 is 7.44. The van der Waals surface area contributed by atoms with Crippen molar-refractivity contribution in [3.63, 3.8) is 0 Å². The van der Waals surface area contributed by atoms with E-state index in [2.05, 4.69) is 25.5 Å². The number of thioether (sulfide) groups is 1. The van der Waals surface area contributed by atoms with E-state index >= 15 is 0 Å². The number of urea groups is 1. The number of anilines is 1. The Labute approximate surface area is 175 Å². The van der Waals surface area contributed by atoms with E-state index in [9.17, 15) is 9.59 Å². The summed E-state index contributed by atoms with van der Waals surface area (Å²) in [5, 5.41) is 6.53. The van der Waals surface area contributed by atoms with Gasteiger partial charge in [0.25, 0.3) is 0 Å². The fourth-order valence-electron chi connectivity index (χ4n) is 2.83. The number of carbonyl (C=O) groups excluding carboxylic acids is 2. The minimum Gasteiger partial charge on any atom is -0.355 e. The van der Waals surface area contributed by atoms with Gasteiger partial charge < -0.3 is 20.4 Å². The molecule has 1 aromatic rings. The molecule has 0 saturated carbocycles. The molecule has 2 N–H and O–H groups in total. The van der Waals surface area contributed by atoms with Crippen molar-refractivity contribution in [2.75, 3.05) is 43.4 Å². The Morgan fingerprint density at radius 3 is 2.71 bits per heavy atom. The van der Waals surface area contributed by atoms with E-state index in [-0.39, 0.29) is 23.7 Å². The predicted octanol–water partition coefficient (Wildman–Crippen LogP) is 2.23. The average Bonchev–Trinajstić information content (AvgIpc) is 2.64. The molecule has 2 heterocycles. The molecule has 1 aliphatic heterocycles. The quantitative estimate of drug-likeness (QED) is 0.393. The van der Waals surface area contributed by atoms with Crippen LogP contribution < -0.4 is 15.5 Å². The van der Waals surface area contributed by atoms with Crippen LogP contribution >= 0.6 is 23.4 Å². The zero-order valence-electron chi connectivity index (χ0n) is 16.9. The van der Waals surface area contributed by atoms with Gasteiger partial charge in [0.05, 0.1) is 5.75 Å². The monoisotopic (exact) mass is 428 g/mol. The summed E-state index contributed by atoms with van der Waals surface area (Å²) in [7, 11) is 0. The van der Waals surface area contributed by atoms with Crippen LogP contribution in [0.2, 0.25) is 5.15 Å². The summed E-state index contributed by atoms with van der Waals surface area (Å²) in [5.41, 5.74) is 0. The lowest BCUT2D eigenvalue weighted by Crippen LogP contribution is -2.56. The van der Waals surface area contributed by atoms with Crippen LogP contribution in [-0.2, 0) is 4.79 Å². The van der Waals surface area contributed by atoms with Crippen molar-refractivity contribution in [2.45, 2.75) is 38.9 Å². The highest BCUT2D eigenvalue weighted by atomic mass is 35.5. The minimum absolute atomic E-state index is 0.0426. The van der Waals surface area contributed by atoms with Crippen molar-refractivity contribution in [1.82, 2.24) is 25.5 Å². The summed E-state index contributed by atoms with van der Waals surface area (Å²) in [4.78, 5) is 36.7. The molecule has 1 aromatic heterocycles. The molecule has 1 saturated heterocycles. The fraction of sp³-hybridized carbons (Fsp3) is 0.667. The molecular weight excluding hydrogens is 400 g/mol. The van der Waals surface area contributed by atoms with Gasteiger partial charge in [0.2, 0.25) is 5.91 Å². The molecule has 10 heteroatoms. The van der Waals surface area contributed by atoms with Gasteiger partial charge in [-0.2, -0.15) is 0 Å². The van der Waals surface area contributed by atoms with Gasteiger partial charge in [-0.05, 0) is 19.8 Å². The number of amides is 3. The van der Waals surface area contributed by atoms with Crippen molar-refractivity contribution < 1.29 is 9.59 Å². The zero-order valence-corrected chi connectivity index (χ0v) is 18.4. The van der Waals surface area contributed by atoms with Gasteiger partial charge in [-0.3, -0.25) is 4.79 Å². The van der Waals surface area contributed by atoms with Gasteiger partial charge in [0.15, 0.2) is 5.16 Å². The third-order valence-electron chi connectivity index (χ3n) is 4.24. The molecule has 0 bridgehead atoms. The Hall–Kier alpha value is -1.74. The SMILES string of the molecule is CCNC(=O)N1CCN(c2cc(Cl)nc(SCC(=O)NCC(C)C)n2)CC1C. The van der Waals surface area contributed by atoms with Gasteiger partial charge >= 0.3 is 6.03 Å². The third kappa shape index (κ3) is 6.70. The smallest absolute Gasteiger partial charge is 0.317 e. The van der Waals surface area contributed by atoms with Crippen LogP contribution in [0.4, 0.5) is 10.6 Å². The van der Waals surface area contributed by atoms with Crippen LogP contribution in [0.3, 0.4) is 0 Å². The molecule has 0 spiro atoms. The third-order valence-corrected chi connectivity index (χ3v) is 5.28. The molecule has 1 unspecified atom stereocenters. The summed E-state index contributed by atoms with van der Waals surface area (Å²) in [6.45, 7) is 11.2. The maximum absolute atomic E-state index is 12.1. The molecule has 3 amide bonds. The molecule has 0 aliphatic carbocycles. The highest BCUT2D eigenvalue weighted by molar-refractivity contribution is 7.99. The van der Waals surface area contributed by atoms with Crippen LogP contribution in [0.1, 0.15) is 27.7 Å². The lowest BCUT2D eigenvalue weighted by Gasteiger charge is -2.40. The first-order valence-corrected chi connectivity index (χ1v) is 10.9. The van der Waals surface area contributed by atoms with Gasteiger partial charge in [-0.25, -0.2) is 14.8 Å². The molecule has 0 aromatic carbocycles. The second kappa shape index (κ2) is 10.7. The molecule has 0 radical (unpaired) electrons. The van der Waals surface area contributed by atoms with Crippen LogP contribution in [0.5, 0.6) is 0 Å². The molecule has 28 heavy (non-hydrogen) atoms. The number of nitrogens with one attached hydrogen (secondary N) is 2. The molecular formula is C18H29ClN6O2S. The first-order chi connectivity index (χ1) is 13.3. The Morgan fingerprint density at radius 2 is 2.07 bits per heavy atom. The summed E-state index contributed by atoms with van der Waals surface area (Å²) in [6.07, 6.45) is 0. The summed E-state index contributed by atoms with van der Waals surface area (Å²) in [5.74, 6) is 1.32. The van der Waals surface area contributed by atoms with Crippen molar-refractivity contribution in [1.29, 1.82) is 0 Å². The first-order valence-electron chi connectivity index (χ1n) is 9.53. The van der Waals surface area contributed by atoms with Crippen molar-refractivity contribution in [2.24, 2.45) is 5.92 Å². The number of rotatable bonds is 7. The van der Waals surface area contributed by atoms with Gasteiger partial charge in [0, 0.05) is 44.8 Å². The van der Waals surface area contributed by atoms with Gasteiger partial charge in [0.1, 0.15) is 11.0 Å². The highest BCUT2D eigenvalue weighted by Crippen LogP contribution is 2.24. The molecule has 1 atom stereocenters. The Balaban J connectivity index is 1.97. The zero-order chi connectivity index (χ0) is 20.7. The lowest BCUT2D eigenvalue weighted by atomic mass is 10.2. The van der Waals surface area contributed by atoms with Crippen molar-refractivity contribution >= 4 is 41.1 Å². The normalized spacial score (nSPS) is 17.0. The second-order valence-corrected chi connectivity index (χ2v) is 8.47. The largest absolute Gasteiger partial charge is 0.355 e. The Bertz CT molecular complexity index is 690. The number of nitrogens with zero attached hydrogens (tertiary/aromatic N) is 4. The van der Waals surface area contributed by atoms with Crippen molar-refractivity contribution in [3.05, 3.63) is 11.2 Å². The first kappa shape index (κ1) is 22.5. The van der Waals surface area contributed by atoms with E-state index in [4.69, 9.17) is 11.6 Å². The number of hydrogen-bond donors (Lipinski definition) is 2. The van der Waals surface area contributed by atoms with E-state index < -0.39 is 0 Å². The van der Waals surface area contributed by atoms with Gasteiger partial charge in [-0.15, -0.1) is 0 Å². The minimum atomic E-state index is -0.0481. The second-order valence-electron chi connectivity index (χ2n) is 7.14. The van der Waals surface area contributed by atoms with Crippen molar-refractivity contribution in [3.8, 4) is 0 Å². The van der Waals surface area contributed by atoms with E-state index in [1.807, 2.05) is 32.6 Å². The number of hydrogen-bond acceptors (Lipinski definition) is 6. The van der Waals surface area contributed by atoms with Crippen LogP contribution in [-0.4, -0.2) is 71.3 Å². The average molecular weight is 429 g/mol. The fourth-order valence-corrected chi connectivity index (χ4v) is 3.74. The Kier molecular flexibility index (Phi) is 8.62. The topological polar surface area (TPSA) is 90.5 Å². The maximum atomic E-state index is 12.1. The number of piperazine rings is 1.